The molecule has 26 heavy (non-hydrogen) atoms. The van der Waals surface area contributed by atoms with E-state index < -0.39 is 28.2 Å². The van der Waals surface area contributed by atoms with Crippen LogP contribution in [0.15, 0.2) is 28.8 Å². The van der Waals surface area contributed by atoms with E-state index in [1.54, 1.807) is 0 Å². The summed E-state index contributed by atoms with van der Waals surface area (Å²) in [6, 6.07) is 5.10. The number of rotatable bonds is 4. The maximum Gasteiger partial charge on any atom is 0.471 e. The average Bonchev–Trinajstić information content (AvgIpc) is 3.26. The number of hydrogen-bond donors (Lipinski definition) is 1. The summed E-state index contributed by atoms with van der Waals surface area (Å²) in [4.78, 5) is 15.3. The molecule has 1 amide bonds. The standard InChI is InChI=1S/C14H13F3N4O4S/c15-14(16,17)13-18-11(19-25-13)9-3-5-10(6-4-9)12(22)20-26(23,24)21-7-1-2-8-21/h3-6H,1-2,7-8H2,(H,20,22). The zero-order valence-electron chi connectivity index (χ0n) is 13.2. The fourth-order valence-electron chi connectivity index (χ4n) is 2.40. The summed E-state index contributed by atoms with van der Waals surface area (Å²) in [6.45, 7) is 0.696. The van der Waals surface area contributed by atoms with Crippen LogP contribution in [-0.2, 0) is 16.4 Å². The molecule has 0 saturated carbocycles. The normalized spacial score (nSPS) is 16.0. The fourth-order valence-corrected chi connectivity index (χ4v) is 3.62. The number of nitrogens with one attached hydrogen (secondary N) is 1. The van der Waals surface area contributed by atoms with Crippen LogP contribution in [0.3, 0.4) is 0 Å². The molecule has 1 aliphatic rings. The van der Waals surface area contributed by atoms with Gasteiger partial charge in [0.15, 0.2) is 0 Å². The molecule has 1 aromatic heterocycles. The predicted molar refractivity (Wildman–Crippen MR) is 81.9 cm³/mol. The molecule has 0 spiro atoms. The highest BCUT2D eigenvalue weighted by Gasteiger charge is 2.38. The van der Waals surface area contributed by atoms with Crippen LogP contribution < -0.4 is 4.72 Å². The van der Waals surface area contributed by atoms with E-state index in [0.29, 0.717) is 13.1 Å². The van der Waals surface area contributed by atoms with Crippen LogP contribution in [0.5, 0.6) is 0 Å². The first kappa shape index (κ1) is 18.3. The summed E-state index contributed by atoms with van der Waals surface area (Å²) in [5, 5.41) is 3.23. The highest BCUT2D eigenvalue weighted by molar-refractivity contribution is 7.87. The van der Waals surface area contributed by atoms with Crippen LogP contribution >= 0.6 is 0 Å². The second kappa shape index (κ2) is 6.68. The van der Waals surface area contributed by atoms with Crippen molar-refractivity contribution >= 4 is 16.1 Å². The maximum absolute atomic E-state index is 12.5. The molecule has 0 aliphatic carbocycles. The molecule has 0 radical (unpaired) electrons. The molecule has 1 fully saturated rings. The molecule has 12 heteroatoms. The summed E-state index contributed by atoms with van der Waals surface area (Å²) < 4.78 is 68.8. The van der Waals surface area contributed by atoms with Gasteiger partial charge in [0.1, 0.15) is 0 Å². The molecule has 1 saturated heterocycles. The van der Waals surface area contributed by atoms with E-state index in [9.17, 15) is 26.4 Å². The number of alkyl halides is 3. The Balaban J connectivity index is 1.73. The number of carbonyl (C=O) groups is 1. The Morgan fingerprint density at radius 2 is 1.77 bits per heavy atom. The number of carbonyl (C=O) groups excluding carboxylic acids is 1. The summed E-state index contributed by atoms with van der Waals surface area (Å²) in [5.74, 6) is -2.62. The third kappa shape index (κ3) is 3.85. The lowest BCUT2D eigenvalue weighted by Crippen LogP contribution is -2.42. The van der Waals surface area contributed by atoms with Crippen molar-refractivity contribution in [3.05, 3.63) is 35.7 Å². The van der Waals surface area contributed by atoms with Crippen molar-refractivity contribution in [1.82, 2.24) is 19.2 Å². The number of hydrogen-bond acceptors (Lipinski definition) is 6. The minimum atomic E-state index is -4.75. The summed E-state index contributed by atoms with van der Waals surface area (Å²) in [5.41, 5.74) is 0.208. The van der Waals surface area contributed by atoms with Crippen LogP contribution in [0.2, 0.25) is 0 Å². The molecular formula is C14H13F3N4O4S. The van der Waals surface area contributed by atoms with Crippen molar-refractivity contribution in [2.24, 2.45) is 0 Å². The Labute approximate surface area is 146 Å². The number of benzene rings is 1. The lowest BCUT2D eigenvalue weighted by atomic mass is 10.1. The van der Waals surface area contributed by atoms with Gasteiger partial charge in [-0.1, -0.05) is 17.3 Å². The topological polar surface area (TPSA) is 105 Å². The number of aromatic nitrogens is 2. The van der Waals surface area contributed by atoms with Crippen molar-refractivity contribution in [2.45, 2.75) is 19.0 Å². The second-order valence-corrected chi connectivity index (χ2v) is 7.21. The SMILES string of the molecule is O=C(NS(=O)(=O)N1CCCC1)c1ccc(-c2noc(C(F)(F)F)n2)cc1. The Kier molecular flexibility index (Phi) is 4.71. The van der Waals surface area contributed by atoms with Gasteiger partial charge in [0.25, 0.3) is 5.91 Å². The van der Waals surface area contributed by atoms with E-state index in [1.807, 2.05) is 4.72 Å². The van der Waals surface area contributed by atoms with Crippen molar-refractivity contribution < 1.29 is 30.9 Å². The first-order valence-corrected chi connectivity index (χ1v) is 8.94. The molecule has 3 rings (SSSR count). The van der Waals surface area contributed by atoms with Crippen LogP contribution in [0.1, 0.15) is 29.1 Å². The highest BCUT2D eigenvalue weighted by atomic mass is 32.2. The van der Waals surface area contributed by atoms with E-state index in [-0.39, 0.29) is 17.0 Å². The Morgan fingerprint density at radius 3 is 2.31 bits per heavy atom. The lowest BCUT2D eigenvalue weighted by Gasteiger charge is -2.15. The molecule has 0 bridgehead atoms. The van der Waals surface area contributed by atoms with Crippen molar-refractivity contribution in [1.29, 1.82) is 0 Å². The van der Waals surface area contributed by atoms with Crippen molar-refractivity contribution in [3.63, 3.8) is 0 Å². The molecule has 1 N–H and O–H groups in total. The molecule has 1 aliphatic heterocycles. The van der Waals surface area contributed by atoms with Gasteiger partial charge in [-0.25, -0.2) is 4.72 Å². The van der Waals surface area contributed by atoms with E-state index in [4.69, 9.17) is 0 Å². The third-order valence-corrected chi connectivity index (χ3v) is 5.19. The summed E-state index contributed by atoms with van der Waals surface area (Å²) >= 11 is 0. The highest BCUT2D eigenvalue weighted by Crippen LogP contribution is 2.29. The van der Waals surface area contributed by atoms with Crippen LogP contribution in [-0.4, -0.2) is 41.9 Å². The van der Waals surface area contributed by atoms with Gasteiger partial charge in [0, 0.05) is 24.2 Å². The van der Waals surface area contributed by atoms with E-state index in [1.165, 1.54) is 28.6 Å². The monoisotopic (exact) mass is 390 g/mol. The van der Waals surface area contributed by atoms with E-state index in [2.05, 4.69) is 14.7 Å². The van der Waals surface area contributed by atoms with Crippen molar-refractivity contribution in [3.8, 4) is 11.4 Å². The number of nitrogens with zero attached hydrogens (tertiary/aromatic N) is 3. The molecule has 2 heterocycles. The van der Waals surface area contributed by atoms with Crippen molar-refractivity contribution in [2.75, 3.05) is 13.1 Å². The summed E-state index contributed by atoms with van der Waals surface area (Å²) in [7, 11) is -3.91. The van der Waals surface area contributed by atoms with E-state index >= 15 is 0 Å². The fraction of sp³-hybridized carbons (Fsp3) is 0.357. The minimum Gasteiger partial charge on any atom is -0.329 e. The lowest BCUT2D eigenvalue weighted by molar-refractivity contribution is -0.159. The van der Waals surface area contributed by atoms with Gasteiger partial charge < -0.3 is 4.52 Å². The Bertz CT molecular complexity index is 903. The number of amides is 1. The van der Waals surface area contributed by atoms with Gasteiger partial charge >= 0.3 is 22.3 Å². The maximum atomic E-state index is 12.5. The average molecular weight is 390 g/mol. The summed E-state index contributed by atoms with van der Waals surface area (Å²) in [6.07, 6.45) is -3.29. The quantitative estimate of drug-likeness (QED) is 0.854. The van der Waals surface area contributed by atoms with E-state index in [0.717, 1.165) is 12.8 Å². The molecular weight excluding hydrogens is 377 g/mol. The smallest absolute Gasteiger partial charge is 0.329 e. The Hall–Kier alpha value is -2.47. The van der Waals surface area contributed by atoms with Crippen LogP contribution in [0.4, 0.5) is 13.2 Å². The van der Waals surface area contributed by atoms with Crippen LogP contribution in [0, 0.1) is 0 Å². The minimum absolute atomic E-state index is 0.0241. The van der Waals surface area contributed by atoms with Crippen LogP contribution in [0.25, 0.3) is 11.4 Å². The molecule has 0 unspecified atom stereocenters. The van der Waals surface area contributed by atoms with Gasteiger partial charge in [-0.15, -0.1) is 0 Å². The first-order valence-electron chi connectivity index (χ1n) is 7.50. The molecule has 1 aromatic carbocycles. The van der Waals surface area contributed by atoms with Gasteiger partial charge in [-0.3, -0.25) is 4.79 Å². The largest absolute Gasteiger partial charge is 0.471 e. The van der Waals surface area contributed by atoms with Gasteiger partial charge in [-0.2, -0.15) is 30.9 Å². The Morgan fingerprint density at radius 1 is 1.15 bits per heavy atom. The molecule has 140 valence electrons. The molecule has 2 aromatic rings. The predicted octanol–water partition coefficient (Wildman–Crippen LogP) is 1.83. The zero-order valence-corrected chi connectivity index (χ0v) is 14.0. The molecule has 8 nitrogen and oxygen atoms in total. The second-order valence-electron chi connectivity index (χ2n) is 5.54. The van der Waals surface area contributed by atoms with Gasteiger partial charge in [0.2, 0.25) is 5.82 Å². The third-order valence-electron chi connectivity index (χ3n) is 3.70. The number of halogens is 3. The van der Waals surface area contributed by atoms with Gasteiger partial charge in [0.05, 0.1) is 0 Å². The zero-order chi connectivity index (χ0) is 18.9. The van der Waals surface area contributed by atoms with Gasteiger partial charge in [-0.05, 0) is 25.0 Å². The first-order chi connectivity index (χ1) is 12.2. The molecule has 0 atom stereocenters.